The van der Waals surface area contributed by atoms with Gasteiger partial charge in [0.25, 0.3) is 0 Å². The topological polar surface area (TPSA) is 21.3 Å². The molecule has 2 atom stereocenters. The molecule has 0 bridgehead atoms. The van der Waals surface area contributed by atoms with Gasteiger partial charge in [0.1, 0.15) is 0 Å². The average Bonchev–Trinajstić information content (AvgIpc) is 2.57. The third-order valence-corrected chi connectivity index (χ3v) is 3.56. The molecule has 0 aliphatic heterocycles. The highest BCUT2D eigenvalue weighted by atomic mass is 16.5. The minimum atomic E-state index is 0.572. The zero-order valence-electron chi connectivity index (χ0n) is 11.8. The molecule has 0 saturated carbocycles. The lowest BCUT2D eigenvalue weighted by atomic mass is 9.93. The van der Waals surface area contributed by atoms with Crippen LogP contribution < -0.4 is 5.32 Å². The van der Waals surface area contributed by atoms with Crippen LogP contribution in [0.25, 0.3) is 0 Å². The van der Waals surface area contributed by atoms with E-state index < -0.39 is 0 Å². The van der Waals surface area contributed by atoms with E-state index in [0.29, 0.717) is 12.0 Å². The summed E-state index contributed by atoms with van der Waals surface area (Å²) < 4.78 is 5.25. The number of rotatable bonds is 7. The van der Waals surface area contributed by atoms with Gasteiger partial charge >= 0.3 is 0 Å². The number of allylic oxidation sites excluding steroid dienone is 1. The lowest BCUT2D eigenvalue weighted by molar-refractivity contribution is 0.151. The summed E-state index contributed by atoms with van der Waals surface area (Å²) in [6.07, 6.45) is 10.4. The zero-order valence-corrected chi connectivity index (χ0v) is 11.8. The Hall–Kier alpha value is -0.340. The van der Waals surface area contributed by atoms with Crippen LogP contribution in [0.3, 0.4) is 0 Å². The van der Waals surface area contributed by atoms with Crippen molar-refractivity contribution in [2.24, 2.45) is 5.92 Å². The molecule has 0 amide bonds. The summed E-state index contributed by atoms with van der Waals surface area (Å²) in [5.74, 6) is 0.633. The molecule has 1 N–H and O–H groups in total. The second kappa shape index (κ2) is 8.71. The van der Waals surface area contributed by atoms with E-state index in [2.05, 4.69) is 25.2 Å². The third kappa shape index (κ3) is 5.69. The molecule has 1 aliphatic carbocycles. The summed E-state index contributed by atoms with van der Waals surface area (Å²) >= 11 is 0. The summed E-state index contributed by atoms with van der Waals surface area (Å²) in [6, 6.07) is 0.572. The van der Waals surface area contributed by atoms with Gasteiger partial charge in [-0.15, -0.1) is 0 Å². The van der Waals surface area contributed by atoms with Gasteiger partial charge in [0, 0.05) is 19.8 Å². The van der Waals surface area contributed by atoms with E-state index >= 15 is 0 Å². The molecule has 0 radical (unpaired) electrons. The minimum absolute atomic E-state index is 0.572. The predicted octanol–water partition coefficient (Wildman–Crippen LogP) is 3.53. The molecule has 0 spiro atoms. The molecular weight excluding hydrogens is 210 g/mol. The number of hydrogen-bond donors (Lipinski definition) is 1. The van der Waals surface area contributed by atoms with Gasteiger partial charge in [0.2, 0.25) is 0 Å². The Bertz CT molecular complexity index is 225. The maximum Gasteiger partial charge on any atom is 0.0488 e. The Morgan fingerprint density at radius 2 is 2.18 bits per heavy atom. The number of hydrogen-bond acceptors (Lipinski definition) is 2. The van der Waals surface area contributed by atoms with Gasteiger partial charge in [0.05, 0.1) is 0 Å². The molecule has 0 aromatic carbocycles. The third-order valence-electron chi connectivity index (χ3n) is 3.56. The van der Waals surface area contributed by atoms with Crippen LogP contribution >= 0.6 is 0 Å². The van der Waals surface area contributed by atoms with Crippen LogP contribution in [0.1, 0.15) is 52.4 Å². The smallest absolute Gasteiger partial charge is 0.0488 e. The molecule has 0 aromatic rings. The van der Waals surface area contributed by atoms with Crippen LogP contribution in [-0.2, 0) is 4.74 Å². The number of methoxy groups -OCH3 is 1. The maximum atomic E-state index is 5.25. The SMILES string of the molecule is CCNC(CC(C)COC)C1=CCCCCC1. The van der Waals surface area contributed by atoms with Crippen LogP contribution in [0.5, 0.6) is 0 Å². The van der Waals surface area contributed by atoms with Crippen molar-refractivity contribution in [2.75, 3.05) is 20.3 Å². The lowest BCUT2D eigenvalue weighted by Crippen LogP contribution is -2.33. The van der Waals surface area contributed by atoms with E-state index in [9.17, 15) is 0 Å². The van der Waals surface area contributed by atoms with E-state index in [1.54, 1.807) is 12.7 Å². The van der Waals surface area contributed by atoms with E-state index in [1.165, 1.54) is 38.5 Å². The van der Waals surface area contributed by atoms with E-state index in [-0.39, 0.29) is 0 Å². The van der Waals surface area contributed by atoms with Crippen molar-refractivity contribution < 1.29 is 4.74 Å². The van der Waals surface area contributed by atoms with Crippen molar-refractivity contribution in [1.29, 1.82) is 0 Å². The van der Waals surface area contributed by atoms with Crippen molar-refractivity contribution in [3.63, 3.8) is 0 Å². The second-order valence-electron chi connectivity index (χ2n) is 5.28. The van der Waals surface area contributed by atoms with Crippen LogP contribution in [-0.4, -0.2) is 26.3 Å². The predicted molar refractivity (Wildman–Crippen MR) is 74.3 cm³/mol. The van der Waals surface area contributed by atoms with Crippen LogP contribution in [0.4, 0.5) is 0 Å². The van der Waals surface area contributed by atoms with Crippen molar-refractivity contribution in [3.8, 4) is 0 Å². The highest BCUT2D eigenvalue weighted by molar-refractivity contribution is 5.12. The largest absolute Gasteiger partial charge is 0.384 e. The first-order valence-electron chi connectivity index (χ1n) is 7.19. The Labute approximate surface area is 107 Å². The number of likely N-dealkylation sites (N-methyl/N-ethyl adjacent to an activating group) is 1. The molecule has 1 rings (SSSR count). The van der Waals surface area contributed by atoms with Crippen LogP contribution in [0.15, 0.2) is 11.6 Å². The molecule has 2 unspecified atom stereocenters. The van der Waals surface area contributed by atoms with Crippen molar-refractivity contribution in [1.82, 2.24) is 5.32 Å². The molecule has 2 heteroatoms. The van der Waals surface area contributed by atoms with Crippen molar-refractivity contribution >= 4 is 0 Å². The first-order valence-corrected chi connectivity index (χ1v) is 7.19. The summed E-state index contributed by atoms with van der Waals surface area (Å²) in [5.41, 5.74) is 1.65. The Kier molecular flexibility index (Phi) is 7.54. The monoisotopic (exact) mass is 239 g/mol. The summed E-state index contributed by atoms with van der Waals surface area (Å²) in [7, 11) is 1.80. The van der Waals surface area contributed by atoms with E-state index in [4.69, 9.17) is 4.74 Å². The van der Waals surface area contributed by atoms with Gasteiger partial charge in [-0.3, -0.25) is 0 Å². The summed E-state index contributed by atoms with van der Waals surface area (Å²) in [6.45, 7) is 6.41. The van der Waals surface area contributed by atoms with E-state index in [1.807, 2.05) is 0 Å². The second-order valence-corrected chi connectivity index (χ2v) is 5.28. The van der Waals surface area contributed by atoms with Gasteiger partial charge in [0.15, 0.2) is 0 Å². The Balaban J connectivity index is 2.53. The van der Waals surface area contributed by atoms with Crippen molar-refractivity contribution in [2.45, 2.75) is 58.4 Å². The normalized spacial score (nSPS) is 20.5. The molecule has 1 aliphatic rings. The number of nitrogens with one attached hydrogen (secondary N) is 1. The van der Waals surface area contributed by atoms with Gasteiger partial charge in [-0.1, -0.05) is 31.9 Å². The molecule has 17 heavy (non-hydrogen) atoms. The quantitative estimate of drug-likeness (QED) is 0.686. The minimum Gasteiger partial charge on any atom is -0.384 e. The molecule has 0 saturated heterocycles. The average molecular weight is 239 g/mol. The molecule has 2 nitrogen and oxygen atoms in total. The fraction of sp³-hybridized carbons (Fsp3) is 0.867. The highest BCUT2D eigenvalue weighted by Gasteiger charge is 2.17. The first-order chi connectivity index (χ1) is 8.27. The molecular formula is C15H29NO. The Morgan fingerprint density at radius 3 is 2.88 bits per heavy atom. The van der Waals surface area contributed by atoms with Crippen LogP contribution in [0.2, 0.25) is 0 Å². The highest BCUT2D eigenvalue weighted by Crippen LogP contribution is 2.23. The fourth-order valence-electron chi connectivity index (χ4n) is 2.72. The number of ether oxygens (including phenoxy) is 1. The van der Waals surface area contributed by atoms with Gasteiger partial charge in [-0.05, 0) is 44.6 Å². The lowest BCUT2D eigenvalue weighted by Gasteiger charge is -2.24. The van der Waals surface area contributed by atoms with E-state index in [0.717, 1.165) is 13.2 Å². The van der Waals surface area contributed by atoms with Crippen molar-refractivity contribution in [3.05, 3.63) is 11.6 Å². The van der Waals surface area contributed by atoms with Gasteiger partial charge in [-0.25, -0.2) is 0 Å². The fourth-order valence-corrected chi connectivity index (χ4v) is 2.72. The Morgan fingerprint density at radius 1 is 1.35 bits per heavy atom. The molecule has 0 fully saturated rings. The molecule has 0 heterocycles. The zero-order chi connectivity index (χ0) is 12.5. The maximum absolute atomic E-state index is 5.25. The van der Waals surface area contributed by atoms with Gasteiger partial charge < -0.3 is 10.1 Å². The summed E-state index contributed by atoms with van der Waals surface area (Å²) in [5, 5.41) is 3.65. The standard InChI is InChI=1S/C15H29NO/c1-4-16-15(11-13(2)12-17-3)14-9-7-5-6-8-10-14/h9,13,15-16H,4-8,10-12H2,1-3H3. The van der Waals surface area contributed by atoms with Crippen LogP contribution in [0, 0.1) is 5.92 Å². The molecule has 100 valence electrons. The summed E-state index contributed by atoms with van der Waals surface area (Å²) in [4.78, 5) is 0. The van der Waals surface area contributed by atoms with Gasteiger partial charge in [-0.2, -0.15) is 0 Å². The molecule has 0 aromatic heterocycles. The first kappa shape index (κ1) is 14.7.